The fourth-order valence-electron chi connectivity index (χ4n) is 1.55. The lowest BCUT2D eigenvalue weighted by Crippen LogP contribution is -2.34. The van der Waals surface area contributed by atoms with Crippen molar-refractivity contribution in [3.63, 3.8) is 0 Å². The molecule has 0 aromatic carbocycles. The van der Waals surface area contributed by atoms with Gasteiger partial charge in [-0.15, -0.1) is 0 Å². The second-order valence-electron chi connectivity index (χ2n) is 4.55. The van der Waals surface area contributed by atoms with Crippen LogP contribution >= 0.6 is 0 Å². The fourth-order valence-corrected chi connectivity index (χ4v) is 1.55. The molecule has 8 heteroatoms. The largest absolute Gasteiger partial charge is 0.368 e. The molecule has 0 fully saturated rings. The first kappa shape index (κ1) is 13.2. The van der Waals surface area contributed by atoms with Gasteiger partial charge < -0.3 is 11.1 Å². The third-order valence-electron chi connectivity index (χ3n) is 3.24. The van der Waals surface area contributed by atoms with E-state index in [-0.39, 0.29) is 11.5 Å². The van der Waals surface area contributed by atoms with Crippen LogP contribution in [0.15, 0.2) is 12.7 Å². The average molecular weight is 262 g/mol. The highest BCUT2D eigenvalue weighted by Crippen LogP contribution is 2.19. The van der Waals surface area contributed by atoms with Crippen molar-refractivity contribution in [3.05, 3.63) is 12.7 Å². The number of nitrogens with zero attached hydrogens (tertiary/aromatic N) is 6. The molecular formula is C11H18N8. The van der Waals surface area contributed by atoms with E-state index in [1.807, 2.05) is 0 Å². The van der Waals surface area contributed by atoms with Crippen LogP contribution in [0.5, 0.6) is 0 Å². The number of nitrogen functional groups attached to an aromatic ring is 1. The van der Waals surface area contributed by atoms with Crippen LogP contribution in [0, 0.1) is 0 Å². The van der Waals surface area contributed by atoms with E-state index in [0.717, 1.165) is 12.8 Å². The van der Waals surface area contributed by atoms with Crippen LogP contribution in [0.2, 0.25) is 0 Å². The molecule has 3 N–H and O–H groups in total. The zero-order chi connectivity index (χ0) is 13.9. The lowest BCUT2D eigenvalue weighted by atomic mass is 9.96. The highest BCUT2D eigenvalue weighted by Gasteiger charge is 2.21. The van der Waals surface area contributed by atoms with Crippen molar-refractivity contribution < 1.29 is 0 Å². The second kappa shape index (κ2) is 5.17. The molecule has 0 spiro atoms. The Hall–Kier alpha value is -2.25. The summed E-state index contributed by atoms with van der Waals surface area (Å²) in [5.74, 6) is 0.948. The monoisotopic (exact) mass is 262 g/mol. The van der Waals surface area contributed by atoms with Gasteiger partial charge in [0.15, 0.2) is 0 Å². The van der Waals surface area contributed by atoms with Gasteiger partial charge in [0.25, 0.3) is 5.95 Å². The van der Waals surface area contributed by atoms with Crippen LogP contribution in [0.3, 0.4) is 0 Å². The Bertz CT molecular complexity index is 532. The average Bonchev–Trinajstić information content (AvgIpc) is 2.92. The Labute approximate surface area is 111 Å². The van der Waals surface area contributed by atoms with Gasteiger partial charge in [-0.2, -0.15) is 24.7 Å². The molecule has 0 aliphatic carbocycles. The summed E-state index contributed by atoms with van der Waals surface area (Å²) in [6.07, 6.45) is 4.83. The minimum atomic E-state index is -0.0760. The van der Waals surface area contributed by atoms with E-state index in [0.29, 0.717) is 11.9 Å². The van der Waals surface area contributed by atoms with Gasteiger partial charge >= 0.3 is 0 Å². The van der Waals surface area contributed by atoms with Gasteiger partial charge in [-0.25, -0.2) is 4.98 Å². The molecule has 0 aliphatic heterocycles. The number of anilines is 2. The summed E-state index contributed by atoms with van der Waals surface area (Å²) in [6, 6.07) is 0. The maximum atomic E-state index is 5.70. The van der Waals surface area contributed by atoms with Crippen LogP contribution in [0.1, 0.15) is 33.6 Å². The van der Waals surface area contributed by atoms with E-state index in [1.165, 1.54) is 17.3 Å². The standard InChI is InChI=1S/C11H18N8/c1-4-11(3,5-2)18-9-15-8(12)16-10(17-9)19-7-13-6-14-19/h6-7H,4-5H2,1-3H3,(H3,12,15,16,17,18). The van der Waals surface area contributed by atoms with Crippen LogP contribution in [-0.2, 0) is 0 Å². The predicted octanol–water partition coefficient (Wildman–Crippen LogP) is 1.03. The van der Waals surface area contributed by atoms with Crippen molar-refractivity contribution >= 4 is 11.9 Å². The molecule has 0 bridgehead atoms. The summed E-state index contributed by atoms with van der Waals surface area (Å²) < 4.78 is 1.44. The first-order valence-corrected chi connectivity index (χ1v) is 6.21. The predicted molar refractivity (Wildman–Crippen MR) is 71.8 cm³/mol. The molecular weight excluding hydrogens is 244 g/mol. The van der Waals surface area contributed by atoms with Gasteiger partial charge in [0, 0.05) is 5.54 Å². The summed E-state index contributed by atoms with van der Waals surface area (Å²) in [6.45, 7) is 6.33. The van der Waals surface area contributed by atoms with Crippen molar-refractivity contribution in [3.8, 4) is 5.95 Å². The Kier molecular flexibility index (Phi) is 3.59. The van der Waals surface area contributed by atoms with Gasteiger partial charge in [-0.05, 0) is 19.8 Å². The first-order valence-electron chi connectivity index (χ1n) is 6.21. The van der Waals surface area contributed by atoms with E-state index in [9.17, 15) is 0 Å². The van der Waals surface area contributed by atoms with Crippen molar-refractivity contribution in [2.75, 3.05) is 11.1 Å². The Balaban J connectivity index is 2.32. The van der Waals surface area contributed by atoms with Gasteiger partial charge in [-0.3, -0.25) is 0 Å². The van der Waals surface area contributed by atoms with E-state index in [2.05, 4.69) is 51.1 Å². The molecule has 2 rings (SSSR count). The number of aromatic nitrogens is 6. The molecule has 0 unspecified atom stereocenters. The quantitative estimate of drug-likeness (QED) is 0.828. The third-order valence-corrected chi connectivity index (χ3v) is 3.24. The molecule has 19 heavy (non-hydrogen) atoms. The molecule has 0 aliphatic rings. The van der Waals surface area contributed by atoms with Gasteiger partial charge in [0.2, 0.25) is 11.9 Å². The van der Waals surface area contributed by atoms with E-state index in [4.69, 9.17) is 5.73 Å². The Morgan fingerprint density at radius 1 is 1.26 bits per heavy atom. The fraction of sp³-hybridized carbons (Fsp3) is 0.545. The van der Waals surface area contributed by atoms with Gasteiger partial charge in [0.05, 0.1) is 0 Å². The minimum Gasteiger partial charge on any atom is -0.368 e. The molecule has 0 saturated heterocycles. The summed E-state index contributed by atoms with van der Waals surface area (Å²) in [4.78, 5) is 16.3. The molecule has 2 heterocycles. The van der Waals surface area contributed by atoms with Crippen LogP contribution in [0.4, 0.5) is 11.9 Å². The first-order chi connectivity index (χ1) is 9.06. The van der Waals surface area contributed by atoms with Crippen LogP contribution < -0.4 is 11.1 Å². The third kappa shape index (κ3) is 2.95. The molecule has 102 valence electrons. The normalized spacial score (nSPS) is 11.5. The summed E-state index contributed by atoms with van der Waals surface area (Å²) in [7, 11) is 0. The number of hydrogen-bond donors (Lipinski definition) is 2. The van der Waals surface area contributed by atoms with E-state index < -0.39 is 0 Å². The number of nitrogens with one attached hydrogen (secondary N) is 1. The summed E-state index contributed by atoms with van der Waals surface area (Å²) in [5.41, 5.74) is 5.63. The molecule has 0 amide bonds. The topological polar surface area (TPSA) is 107 Å². The van der Waals surface area contributed by atoms with Gasteiger partial charge in [-0.1, -0.05) is 13.8 Å². The number of rotatable bonds is 5. The molecule has 0 radical (unpaired) electrons. The molecule has 0 atom stereocenters. The highest BCUT2D eigenvalue weighted by molar-refractivity contribution is 5.36. The van der Waals surface area contributed by atoms with Crippen molar-refractivity contribution in [1.29, 1.82) is 0 Å². The second-order valence-corrected chi connectivity index (χ2v) is 4.55. The van der Waals surface area contributed by atoms with Crippen molar-refractivity contribution in [2.45, 2.75) is 39.2 Å². The maximum Gasteiger partial charge on any atom is 0.258 e. The minimum absolute atomic E-state index is 0.0760. The molecule has 2 aromatic heterocycles. The summed E-state index contributed by atoms with van der Waals surface area (Å²) in [5, 5.41) is 7.27. The molecule has 0 saturated carbocycles. The van der Waals surface area contributed by atoms with E-state index >= 15 is 0 Å². The smallest absolute Gasteiger partial charge is 0.258 e. The maximum absolute atomic E-state index is 5.70. The summed E-state index contributed by atoms with van der Waals surface area (Å²) >= 11 is 0. The SMILES string of the molecule is CCC(C)(CC)Nc1nc(N)nc(-n2cncn2)n1. The molecule has 8 nitrogen and oxygen atoms in total. The lowest BCUT2D eigenvalue weighted by Gasteiger charge is -2.28. The van der Waals surface area contributed by atoms with Crippen molar-refractivity contribution in [1.82, 2.24) is 29.7 Å². The van der Waals surface area contributed by atoms with E-state index in [1.54, 1.807) is 0 Å². The lowest BCUT2D eigenvalue weighted by molar-refractivity contribution is 0.474. The van der Waals surface area contributed by atoms with Crippen LogP contribution in [-0.4, -0.2) is 35.3 Å². The van der Waals surface area contributed by atoms with Crippen molar-refractivity contribution in [2.24, 2.45) is 0 Å². The van der Waals surface area contributed by atoms with Gasteiger partial charge in [0.1, 0.15) is 12.7 Å². The number of hydrogen-bond acceptors (Lipinski definition) is 7. The van der Waals surface area contributed by atoms with Crippen LogP contribution in [0.25, 0.3) is 5.95 Å². The zero-order valence-electron chi connectivity index (χ0n) is 11.3. The Morgan fingerprint density at radius 2 is 2.00 bits per heavy atom. The highest BCUT2D eigenvalue weighted by atomic mass is 15.4. The Morgan fingerprint density at radius 3 is 2.58 bits per heavy atom. The zero-order valence-corrected chi connectivity index (χ0v) is 11.3. The number of nitrogens with two attached hydrogens (primary N) is 1. The molecule has 2 aromatic rings.